The zero-order valence-electron chi connectivity index (χ0n) is 17.9. The lowest BCUT2D eigenvalue weighted by Gasteiger charge is -2.34. The van der Waals surface area contributed by atoms with Gasteiger partial charge in [0.1, 0.15) is 5.82 Å². The Kier molecular flexibility index (Phi) is 6.65. The number of carbonyl (C=O) groups excluding carboxylic acids is 3. The van der Waals surface area contributed by atoms with Crippen molar-refractivity contribution in [3.8, 4) is 0 Å². The number of nitrogens with two attached hydrogens (primary N) is 1. The fourth-order valence-corrected chi connectivity index (χ4v) is 4.52. The zero-order chi connectivity index (χ0) is 23.5. The fourth-order valence-electron chi connectivity index (χ4n) is 4.32. The number of rotatable bonds is 5. The van der Waals surface area contributed by atoms with E-state index in [0.29, 0.717) is 35.1 Å². The average molecular weight is 471 g/mol. The van der Waals surface area contributed by atoms with E-state index in [9.17, 15) is 18.8 Å². The van der Waals surface area contributed by atoms with Crippen LogP contribution in [0.5, 0.6) is 0 Å². The van der Waals surface area contributed by atoms with Gasteiger partial charge in [-0.2, -0.15) is 0 Å². The summed E-state index contributed by atoms with van der Waals surface area (Å²) in [4.78, 5) is 39.4. The first-order valence-corrected chi connectivity index (χ1v) is 11.2. The van der Waals surface area contributed by atoms with Gasteiger partial charge in [-0.05, 0) is 43.4 Å². The lowest BCUT2D eigenvalue weighted by molar-refractivity contribution is -0.124. The summed E-state index contributed by atoms with van der Waals surface area (Å²) in [7, 11) is 0. The maximum Gasteiger partial charge on any atom is 0.323 e. The van der Waals surface area contributed by atoms with Gasteiger partial charge in [-0.25, -0.2) is 14.0 Å². The standard InChI is InChI=1S/C24H24ClFN4O3/c25-17-8-5-6-15(22(17)26)11-12-21(31)20-10-3-4-13-29(20)24(33)28-18-14-30(23(27)32)19-9-2-1-7-16(18)19/h1-2,5-9,14,20H,3-4,10-13H2,(H2,27,32)(H,28,33)/t20-/m0/s1. The Bertz CT molecular complexity index is 1230. The molecule has 172 valence electrons. The molecule has 0 unspecified atom stereocenters. The summed E-state index contributed by atoms with van der Waals surface area (Å²) in [5, 5.41) is 3.52. The van der Waals surface area contributed by atoms with E-state index in [-0.39, 0.29) is 23.6 Å². The molecule has 4 rings (SSSR count). The van der Waals surface area contributed by atoms with E-state index in [2.05, 4.69) is 5.32 Å². The Morgan fingerprint density at radius 3 is 2.70 bits per heavy atom. The number of hydrogen-bond acceptors (Lipinski definition) is 3. The van der Waals surface area contributed by atoms with Crippen molar-refractivity contribution in [3.05, 3.63) is 65.1 Å². The molecule has 1 fully saturated rings. The predicted octanol–water partition coefficient (Wildman–Crippen LogP) is 4.95. The Hall–Kier alpha value is -3.39. The number of Topliss-reactive ketones (excluding diaryl/α,β-unsaturated/α-hetero) is 1. The summed E-state index contributed by atoms with van der Waals surface area (Å²) in [6.07, 6.45) is 3.95. The highest BCUT2D eigenvalue weighted by molar-refractivity contribution is 6.30. The average Bonchev–Trinajstić information content (AvgIpc) is 3.18. The Morgan fingerprint density at radius 1 is 1.12 bits per heavy atom. The van der Waals surface area contributed by atoms with E-state index in [0.717, 1.165) is 12.8 Å². The van der Waals surface area contributed by atoms with Gasteiger partial charge in [0.15, 0.2) is 5.78 Å². The largest absolute Gasteiger partial charge is 0.351 e. The van der Waals surface area contributed by atoms with Crippen molar-refractivity contribution < 1.29 is 18.8 Å². The van der Waals surface area contributed by atoms with Gasteiger partial charge in [0, 0.05) is 24.5 Å². The third-order valence-corrected chi connectivity index (χ3v) is 6.29. The van der Waals surface area contributed by atoms with Crippen LogP contribution in [-0.4, -0.2) is 39.9 Å². The fraction of sp³-hybridized carbons (Fsp3) is 0.292. The number of benzene rings is 2. The molecule has 9 heteroatoms. The van der Waals surface area contributed by atoms with E-state index < -0.39 is 23.9 Å². The predicted molar refractivity (Wildman–Crippen MR) is 125 cm³/mol. The molecule has 1 atom stereocenters. The third-order valence-electron chi connectivity index (χ3n) is 6.00. The van der Waals surface area contributed by atoms with Gasteiger partial charge in [-0.3, -0.25) is 9.36 Å². The molecular formula is C24H24ClFN4O3. The molecule has 1 aliphatic heterocycles. The highest BCUT2D eigenvalue weighted by atomic mass is 35.5. The minimum atomic E-state index is -0.661. The van der Waals surface area contributed by atoms with Crippen LogP contribution in [0.25, 0.3) is 10.9 Å². The van der Waals surface area contributed by atoms with Gasteiger partial charge in [0.25, 0.3) is 0 Å². The van der Waals surface area contributed by atoms with Gasteiger partial charge < -0.3 is 16.0 Å². The molecule has 0 bridgehead atoms. The highest BCUT2D eigenvalue weighted by Gasteiger charge is 2.32. The highest BCUT2D eigenvalue weighted by Crippen LogP contribution is 2.28. The van der Waals surface area contributed by atoms with Crippen molar-refractivity contribution in [3.63, 3.8) is 0 Å². The molecule has 0 saturated carbocycles. The summed E-state index contributed by atoms with van der Waals surface area (Å²) < 4.78 is 15.4. The number of anilines is 1. The number of piperidine rings is 1. The molecule has 0 spiro atoms. The zero-order valence-corrected chi connectivity index (χ0v) is 18.6. The summed E-state index contributed by atoms with van der Waals surface area (Å²) in [5.74, 6) is -0.639. The van der Waals surface area contributed by atoms with Gasteiger partial charge in [0.05, 0.1) is 22.3 Å². The summed E-state index contributed by atoms with van der Waals surface area (Å²) in [5.41, 5.74) is 6.84. The first-order chi connectivity index (χ1) is 15.9. The number of aromatic nitrogens is 1. The molecule has 0 aliphatic carbocycles. The number of ketones is 1. The smallest absolute Gasteiger partial charge is 0.323 e. The molecule has 3 aromatic rings. The van der Waals surface area contributed by atoms with Crippen LogP contribution < -0.4 is 11.1 Å². The second kappa shape index (κ2) is 9.62. The molecule has 1 aromatic heterocycles. The van der Waals surface area contributed by atoms with Crippen LogP contribution in [-0.2, 0) is 11.2 Å². The number of hydrogen-bond donors (Lipinski definition) is 2. The van der Waals surface area contributed by atoms with Crippen LogP contribution in [0.2, 0.25) is 5.02 Å². The van der Waals surface area contributed by atoms with Crippen LogP contribution >= 0.6 is 11.6 Å². The molecule has 2 heterocycles. The van der Waals surface area contributed by atoms with E-state index in [1.807, 2.05) is 0 Å². The number of amides is 3. The number of para-hydroxylation sites is 1. The van der Waals surface area contributed by atoms with Crippen LogP contribution in [0, 0.1) is 5.82 Å². The minimum Gasteiger partial charge on any atom is -0.351 e. The lowest BCUT2D eigenvalue weighted by Crippen LogP contribution is -2.49. The molecule has 7 nitrogen and oxygen atoms in total. The number of fused-ring (bicyclic) bond motifs is 1. The molecule has 33 heavy (non-hydrogen) atoms. The maximum absolute atomic E-state index is 14.2. The van der Waals surface area contributed by atoms with Crippen molar-refractivity contribution in [2.45, 2.75) is 38.1 Å². The van der Waals surface area contributed by atoms with Crippen LogP contribution in [0.1, 0.15) is 31.2 Å². The second-order valence-electron chi connectivity index (χ2n) is 8.08. The quantitative estimate of drug-likeness (QED) is 0.552. The number of nitrogens with zero attached hydrogens (tertiary/aromatic N) is 2. The van der Waals surface area contributed by atoms with Crippen molar-refractivity contribution in [1.29, 1.82) is 0 Å². The van der Waals surface area contributed by atoms with Gasteiger partial charge in [-0.15, -0.1) is 0 Å². The lowest BCUT2D eigenvalue weighted by atomic mass is 9.95. The van der Waals surface area contributed by atoms with Crippen molar-refractivity contribution in [2.24, 2.45) is 5.73 Å². The van der Waals surface area contributed by atoms with Crippen LogP contribution in [0.15, 0.2) is 48.7 Å². The number of aryl methyl sites for hydroxylation is 1. The number of urea groups is 1. The molecular weight excluding hydrogens is 447 g/mol. The topological polar surface area (TPSA) is 97.4 Å². The number of carbonyl (C=O) groups is 3. The number of likely N-dealkylation sites (tertiary alicyclic amines) is 1. The molecule has 0 radical (unpaired) electrons. The van der Waals surface area contributed by atoms with E-state index >= 15 is 0 Å². The van der Waals surface area contributed by atoms with E-state index in [4.69, 9.17) is 17.3 Å². The number of halogens is 2. The van der Waals surface area contributed by atoms with Gasteiger partial charge in [0.2, 0.25) is 0 Å². The Morgan fingerprint density at radius 2 is 1.91 bits per heavy atom. The number of nitrogens with one attached hydrogen (secondary N) is 1. The monoisotopic (exact) mass is 470 g/mol. The Balaban J connectivity index is 1.50. The molecule has 3 N–H and O–H groups in total. The Labute approximate surface area is 195 Å². The normalized spacial score (nSPS) is 16.1. The molecule has 2 aromatic carbocycles. The SMILES string of the molecule is NC(=O)n1cc(NC(=O)N2CCCC[C@H]2C(=O)CCc2cccc(Cl)c2F)c2ccccc21. The summed E-state index contributed by atoms with van der Waals surface area (Å²) in [6, 6.07) is 10.1. The maximum atomic E-state index is 14.2. The van der Waals surface area contributed by atoms with Crippen LogP contribution in [0.4, 0.5) is 19.7 Å². The van der Waals surface area contributed by atoms with Crippen LogP contribution in [0.3, 0.4) is 0 Å². The third kappa shape index (κ3) is 4.71. The first kappa shape index (κ1) is 22.8. The second-order valence-corrected chi connectivity index (χ2v) is 8.49. The minimum absolute atomic E-state index is 0.0220. The molecule has 3 amide bonds. The van der Waals surface area contributed by atoms with E-state index in [1.54, 1.807) is 36.4 Å². The van der Waals surface area contributed by atoms with Gasteiger partial charge >= 0.3 is 12.1 Å². The summed E-state index contributed by atoms with van der Waals surface area (Å²) >= 11 is 5.83. The van der Waals surface area contributed by atoms with Gasteiger partial charge in [-0.1, -0.05) is 41.9 Å². The molecule has 1 aliphatic rings. The van der Waals surface area contributed by atoms with Crippen molar-refractivity contribution in [1.82, 2.24) is 9.47 Å². The summed E-state index contributed by atoms with van der Waals surface area (Å²) in [6.45, 7) is 0.433. The van der Waals surface area contributed by atoms with E-state index in [1.165, 1.54) is 21.7 Å². The first-order valence-electron chi connectivity index (χ1n) is 10.8. The van der Waals surface area contributed by atoms with Crippen molar-refractivity contribution >= 4 is 46.0 Å². The number of primary amides is 1. The van der Waals surface area contributed by atoms with Crippen molar-refractivity contribution in [2.75, 3.05) is 11.9 Å². The molecule has 1 saturated heterocycles.